The summed E-state index contributed by atoms with van der Waals surface area (Å²) in [6, 6.07) is 14.6. The van der Waals surface area contributed by atoms with Crippen molar-refractivity contribution in [2.24, 2.45) is 23.7 Å². The average molecular weight is 429 g/mol. The lowest BCUT2D eigenvalue weighted by Gasteiger charge is -2.38. The Labute approximate surface area is 188 Å². The van der Waals surface area contributed by atoms with Crippen molar-refractivity contribution in [1.82, 2.24) is 4.90 Å². The molecule has 0 radical (unpaired) electrons. The summed E-state index contributed by atoms with van der Waals surface area (Å²) < 4.78 is 0. The van der Waals surface area contributed by atoms with Crippen LogP contribution in [0.5, 0.6) is 0 Å². The normalized spacial score (nSPS) is 26.9. The quantitative estimate of drug-likeness (QED) is 0.577. The van der Waals surface area contributed by atoms with Crippen LogP contribution in [0.3, 0.4) is 0 Å². The molecule has 1 N–H and O–H groups in total. The molecule has 2 aromatic carbocycles. The number of para-hydroxylation sites is 1. The predicted octanol–water partition coefficient (Wildman–Crippen LogP) is 4.05. The van der Waals surface area contributed by atoms with Gasteiger partial charge in [0.05, 0.1) is 11.8 Å². The van der Waals surface area contributed by atoms with Crippen molar-refractivity contribution in [1.29, 1.82) is 0 Å². The molecule has 3 amide bonds. The minimum atomic E-state index is -0.874. The van der Waals surface area contributed by atoms with E-state index in [1.807, 2.05) is 62.4 Å². The number of carbonyl (C=O) groups is 3. The Morgan fingerprint density at radius 3 is 2.00 bits per heavy atom. The van der Waals surface area contributed by atoms with Gasteiger partial charge >= 0.3 is 0 Å². The first-order valence-electron chi connectivity index (χ1n) is 11.4. The van der Waals surface area contributed by atoms with Gasteiger partial charge in [-0.2, -0.15) is 0 Å². The van der Waals surface area contributed by atoms with E-state index in [9.17, 15) is 14.4 Å². The van der Waals surface area contributed by atoms with Crippen molar-refractivity contribution < 1.29 is 14.4 Å². The van der Waals surface area contributed by atoms with Crippen LogP contribution in [0.15, 0.2) is 60.7 Å². The lowest BCUT2D eigenvalue weighted by molar-refractivity contribution is -0.146. The lowest BCUT2D eigenvalue weighted by atomic mass is 9.63. The molecule has 5 heteroatoms. The first-order chi connectivity index (χ1) is 15.5. The zero-order chi connectivity index (χ0) is 22.4. The Hall–Kier alpha value is -3.21. The number of nitrogens with one attached hydrogen (secondary N) is 1. The maximum absolute atomic E-state index is 13.6. The molecule has 1 saturated heterocycles. The van der Waals surface area contributed by atoms with Gasteiger partial charge in [-0.3, -0.25) is 19.3 Å². The van der Waals surface area contributed by atoms with E-state index < -0.39 is 6.04 Å². The number of benzene rings is 2. The highest BCUT2D eigenvalue weighted by Crippen LogP contribution is 2.50. The molecule has 6 rings (SSSR count). The zero-order valence-corrected chi connectivity index (χ0v) is 18.5. The SMILES string of the molecule is Cc1cccc(C)c1NC(=O)[C@H](Cc1ccccc1)N1C(=O)[C@H]2[C@H](C1=O)[C@H]1C=C[C@H]2CC1. The van der Waals surface area contributed by atoms with Crippen LogP contribution in [0.25, 0.3) is 0 Å². The number of allylic oxidation sites excluding steroid dienone is 2. The van der Waals surface area contributed by atoms with Crippen LogP contribution in [-0.4, -0.2) is 28.7 Å². The first-order valence-corrected chi connectivity index (χ1v) is 11.4. The molecule has 32 heavy (non-hydrogen) atoms. The smallest absolute Gasteiger partial charge is 0.248 e. The molecule has 2 fully saturated rings. The van der Waals surface area contributed by atoms with Crippen LogP contribution < -0.4 is 5.32 Å². The molecule has 0 spiro atoms. The summed E-state index contributed by atoms with van der Waals surface area (Å²) in [4.78, 5) is 42.0. The lowest BCUT2D eigenvalue weighted by Crippen LogP contribution is -2.49. The van der Waals surface area contributed by atoms with E-state index in [1.54, 1.807) is 0 Å². The number of hydrogen-bond acceptors (Lipinski definition) is 3. The average Bonchev–Trinajstić information content (AvgIpc) is 3.08. The Balaban J connectivity index is 1.50. The fraction of sp³-hybridized carbons (Fsp3) is 0.370. The van der Waals surface area contributed by atoms with Crippen molar-refractivity contribution in [2.45, 2.75) is 39.2 Å². The monoisotopic (exact) mass is 428 g/mol. The predicted molar refractivity (Wildman–Crippen MR) is 123 cm³/mol. The molecule has 0 aromatic heterocycles. The number of anilines is 1. The van der Waals surface area contributed by atoms with Crippen LogP contribution in [-0.2, 0) is 20.8 Å². The van der Waals surface area contributed by atoms with E-state index in [2.05, 4.69) is 17.5 Å². The van der Waals surface area contributed by atoms with Crippen LogP contribution in [0.1, 0.15) is 29.5 Å². The van der Waals surface area contributed by atoms with Crippen molar-refractivity contribution in [2.75, 3.05) is 5.32 Å². The van der Waals surface area contributed by atoms with Gasteiger partial charge in [0.25, 0.3) is 0 Å². The largest absolute Gasteiger partial charge is 0.324 e. The third kappa shape index (κ3) is 3.36. The molecule has 0 unspecified atom stereocenters. The number of fused-ring (bicyclic) bond motifs is 1. The van der Waals surface area contributed by atoms with E-state index in [-0.39, 0.29) is 41.4 Å². The fourth-order valence-corrected chi connectivity index (χ4v) is 5.76. The number of imide groups is 1. The first kappa shape index (κ1) is 20.7. The van der Waals surface area contributed by atoms with Crippen molar-refractivity contribution in [3.8, 4) is 0 Å². The van der Waals surface area contributed by atoms with Crippen LogP contribution in [0.4, 0.5) is 5.69 Å². The highest BCUT2D eigenvalue weighted by Gasteiger charge is 2.58. The van der Waals surface area contributed by atoms with E-state index in [0.29, 0.717) is 6.42 Å². The number of amides is 3. The zero-order valence-electron chi connectivity index (χ0n) is 18.5. The number of hydrogen-bond donors (Lipinski definition) is 1. The molecule has 3 aliphatic carbocycles. The number of aryl methyl sites for hydroxylation is 2. The summed E-state index contributed by atoms with van der Waals surface area (Å²) >= 11 is 0. The van der Waals surface area contributed by atoms with E-state index in [4.69, 9.17) is 0 Å². The van der Waals surface area contributed by atoms with Gasteiger partial charge < -0.3 is 5.32 Å². The van der Waals surface area contributed by atoms with Gasteiger partial charge in [0.15, 0.2) is 0 Å². The third-order valence-corrected chi connectivity index (χ3v) is 7.41. The molecule has 4 aliphatic rings. The molecule has 1 heterocycles. The van der Waals surface area contributed by atoms with Crippen LogP contribution >= 0.6 is 0 Å². The third-order valence-electron chi connectivity index (χ3n) is 7.41. The van der Waals surface area contributed by atoms with E-state index >= 15 is 0 Å². The molecule has 2 bridgehead atoms. The summed E-state index contributed by atoms with van der Waals surface area (Å²) in [5.41, 5.74) is 3.57. The highest BCUT2D eigenvalue weighted by atomic mass is 16.2. The van der Waals surface area contributed by atoms with Crippen molar-refractivity contribution >= 4 is 23.4 Å². The Morgan fingerprint density at radius 1 is 0.906 bits per heavy atom. The Bertz CT molecular complexity index is 1050. The maximum atomic E-state index is 13.6. The second kappa shape index (κ2) is 8.05. The van der Waals surface area contributed by atoms with Crippen LogP contribution in [0.2, 0.25) is 0 Å². The van der Waals surface area contributed by atoms with Gasteiger partial charge in [0.2, 0.25) is 17.7 Å². The van der Waals surface area contributed by atoms with Gasteiger partial charge in [-0.25, -0.2) is 0 Å². The topological polar surface area (TPSA) is 66.5 Å². The molecule has 1 saturated carbocycles. The van der Waals surface area contributed by atoms with Crippen molar-refractivity contribution in [3.05, 3.63) is 77.4 Å². The summed E-state index contributed by atoms with van der Waals surface area (Å²) in [7, 11) is 0. The summed E-state index contributed by atoms with van der Waals surface area (Å²) in [6.45, 7) is 3.89. The Kier molecular flexibility index (Phi) is 5.20. The van der Waals surface area contributed by atoms with Crippen molar-refractivity contribution in [3.63, 3.8) is 0 Å². The molecule has 164 valence electrons. The summed E-state index contributed by atoms with van der Waals surface area (Å²) in [5.74, 6) is -1.12. The molecule has 5 atom stereocenters. The maximum Gasteiger partial charge on any atom is 0.248 e. The minimum Gasteiger partial charge on any atom is -0.324 e. The standard InChI is InChI=1S/C27H28N2O3/c1-16-7-6-8-17(2)24(16)28-25(30)21(15-18-9-4-3-5-10-18)29-26(31)22-19-11-12-20(14-13-19)23(22)27(29)32/h3-12,19-23H,13-15H2,1-2H3,(H,28,30)/t19-,20-,21-,22+,23+/m0/s1. The molecule has 5 nitrogen and oxygen atoms in total. The van der Waals surface area contributed by atoms with Gasteiger partial charge in [-0.15, -0.1) is 0 Å². The van der Waals surface area contributed by atoms with E-state index in [0.717, 1.165) is 35.2 Å². The Morgan fingerprint density at radius 2 is 1.47 bits per heavy atom. The number of rotatable bonds is 5. The summed E-state index contributed by atoms with van der Waals surface area (Å²) in [5, 5.41) is 3.04. The van der Waals surface area contributed by atoms with Crippen LogP contribution in [0, 0.1) is 37.5 Å². The van der Waals surface area contributed by atoms with Gasteiger partial charge in [0, 0.05) is 12.1 Å². The minimum absolute atomic E-state index is 0.102. The molecular weight excluding hydrogens is 400 g/mol. The number of carbonyl (C=O) groups excluding carboxylic acids is 3. The van der Waals surface area contributed by atoms with E-state index in [1.165, 1.54) is 4.90 Å². The number of likely N-dealkylation sites (tertiary alicyclic amines) is 1. The second-order valence-electron chi connectivity index (χ2n) is 9.35. The van der Waals surface area contributed by atoms with Gasteiger partial charge in [0.1, 0.15) is 6.04 Å². The van der Waals surface area contributed by atoms with Gasteiger partial charge in [-0.1, -0.05) is 60.7 Å². The fourth-order valence-electron chi connectivity index (χ4n) is 5.76. The second-order valence-corrected chi connectivity index (χ2v) is 9.35. The molecule has 2 aromatic rings. The molecular formula is C27H28N2O3. The molecule has 1 aliphatic heterocycles. The van der Waals surface area contributed by atoms with Gasteiger partial charge in [-0.05, 0) is 55.2 Å². The summed E-state index contributed by atoms with van der Waals surface area (Å²) in [6.07, 6.45) is 6.39. The highest BCUT2D eigenvalue weighted by molar-refractivity contribution is 6.10. The number of nitrogens with zero attached hydrogens (tertiary/aromatic N) is 1.